The standard InChI is InChI=1S/C16H18ClNO2S2/c1-4-18(16-10-5-13(17)11-12(16)2)22(19,20)15-8-6-14(21-3)7-9-15/h5-11H,4H2,1-3H3. The highest BCUT2D eigenvalue weighted by Crippen LogP contribution is 2.29. The number of aryl methyl sites for hydroxylation is 1. The van der Waals surface area contributed by atoms with Crippen LogP contribution in [0.4, 0.5) is 5.69 Å². The molecule has 0 saturated carbocycles. The fraction of sp³-hybridized carbons (Fsp3) is 0.250. The van der Waals surface area contributed by atoms with Gasteiger partial charge in [0.2, 0.25) is 0 Å². The zero-order chi connectivity index (χ0) is 16.3. The van der Waals surface area contributed by atoms with Crippen LogP contribution in [0.1, 0.15) is 12.5 Å². The van der Waals surface area contributed by atoms with Gasteiger partial charge in [0, 0.05) is 16.5 Å². The van der Waals surface area contributed by atoms with Crippen molar-refractivity contribution in [2.45, 2.75) is 23.6 Å². The van der Waals surface area contributed by atoms with E-state index in [1.54, 1.807) is 42.1 Å². The van der Waals surface area contributed by atoms with E-state index in [0.29, 0.717) is 22.2 Å². The van der Waals surface area contributed by atoms with Crippen molar-refractivity contribution in [2.24, 2.45) is 0 Å². The summed E-state index contributed by atoms with van der Waals surface area (Å²) in [5.41, 5.74) is 1.49. The Morgan fingerprint density at radius 1 is 1.14 bits per heavy atom. The van der Waals surface area contributed by atoms with Crippen LogP contribution >= 0.6 is 23.4 Å². The third-order valence-corrected chi connectivity index (χ3v) is 6.24. The van der Waals surface area contributed by atoms with Crippen LogP contribution in [-0.4, -0.2) is 21.2 Å². The molecule has 0 unspecified atom stereocenters. The van der Waals surface area contributed by atoms with Crippen molar-refractivity contribution in [1.29, 1.82) is 0 Å². The van der Waals surface area contributed by atoms with E-state index in [4.69, 9.17) is 11.6 Å². The summed E-state index contributed by atoms with van der Waals surface area (Å²) in [6.07, 6.45) is 1.96. The molecule has 0 aliphatic carbocycles. The van der Waals surface area contributed by atoms with Crippen LogP contribution in [0.25, 0.3) is 0 Å². The number of anilines is 1. The number of hydrogen-bond acceptors (Lipinski definition) is 3. The molecule has 0 N–H and O–H groups in total. The molecule has 2 aromatic carbocycles. The Balaban J connectivity index is 2.48. The third-order valence-electron chi connectivity index (χ3n) is 3.36. The molecule has 0 aromatic heterocycles. The molecule has 0 radical (unpaired) electrons. The van der Waals surface area contributed by atoms with Crippen LogP contribution in [0.15, 0.2) is 52.3 Å². The van der Waals surface area contributed by atoms with Gasteiger partial charge in [-0.05, 0) is 68.1 Å². The minimum absolute atomic E-state index is 0.293. The predicted molar refractivity (Wildman–Crippen MR) is 94.6 cm³/mol. The van der Waals surface area contributed by atoms with E-state index in [0.717, 1.165) is 10.5 Å². The van der Waals surface area contributed by atoms with Crippen molar-refractivity contribution in [3.8, 4) is 0 Å². The monoisotopic (exact) mass is 355 g/mol. The Morgan fingerprint density at radius 2 is 1.77 bits per heavy atom. The van der Waals surface area contributed by atoms with Gasteiger partial charge in [-0.25, -0.2) is 8.42 Å². The molecule has 2 aromatic rings. The molecule has 0 bridgehead atoms. The highest BCUT2D eigenvalue weighted by molar-refractivity contribution is 7.98. The van der Waals surface area contributed by atoms with Gasteiger partial charge in [0.05, 0.1) is 10.6 Å². The molecular formula is C16H18ClNO2S2. The maximum Gasteiger partial charge on any atom is 0.264 e. The Labute approximate surface area is 141 Å². The zero-order valence-corrected chi connectivity index (χ0v) is 15.1. The molecule has 118 valence electrons. The summed E-state index contributed by atoms with van der Waals surface area (Å²) in [6, 6.07) is 12.2. The fourth-order valence-electron chi connectivity index (χ4n) is 2.24. The molecule has 22 heavy (non-hydrogen) atoms. The van der Waals surface area contributed by atoms with Gasteiger partial charge in [0.25, 0.3) is 10.0 Å². The zero-order valence-electron chi connectivity index (χ0n) is 12.7. The third kappa shape index (κ3) is 3.42. The van der Waals surface area contributed by atoms with E-state index >= 15 is 0 Å². The molecule has 6 heteroatoms. The number of benzene rings is 2. The average Bonchev–Trinajstić information content (AvgIpc) is 2.50. The molecule has 0 aliphatic rings. The predicted octanol–water partition coefficient (Wildman–Crippen LogP) is 4.59. The van der Waals surface area contributed by atoms with Gasteiger partial charge in [-0.2, -0.15) is 0 Å². The first kappa shape index (κ1) is 17.2. The quantitative estimate of drug-likeness (QED) is 0.736. The number of rotatable bonds is 5. The van der Waals surface area contributed by atoms with E-state index in [-0.39, 0.29) is 0 Å². The largest absolute Gasteiger partial charge is 0.266 e. The van der Waals surface area contributed by atoms with E-state index in [9.17, 15) is 8.42 Å². The minimum Gasteiger partial charge on any atom is -0.266 e. The summed E-state index contributed by atoms with van der Waals surface area (Å²) in [4.78, 5) is 1.33. The number of halogens is 1. The van der Waals surface area contributed by atoms with Crippen molar-refractivity contribution in [3.05, 3.63) is 53.1 Å². The number of nitrogens with zero attached hydrogens (tertiary/aromatic N) is 1. The Hall–Kier alpha value is -1.17. The highest BCUT2D eigenvalue weighted by atomic mass is 35.5. The smallest absolute Gasteiger partial charge is 0.264 e. The van der Waals surface area contributed by atoms with E-state index in [1.165, 1.54) is 4.31 Å². The van der Waals surface area contributed by atoms with E-state index in [2.05, 4.69) is 0 Å². The van der Waals surface area contributed by atoms with Crippen LogP contribution in [0, 0.1) is 6.92 Å². The van der Waals surface area contributed by atoms with Gasteiger partial charge in [-0.1, -0.05) is 11.6 Å². The van der Waals surface area contributed by atoms with Crippen molar-refractivity contribution in [2.75, 3.05) is 17.1 Å². The van der Waals surface area contributed by atoms with Crippen LogP contribution in [0.5, 0.6) is 0 Å². The molecule has 0 saturated heterocycles. The van der Waals surface area contributed by atoms with Gasteiger partial charge in [0.15, 0.2) is 0 Å². The normalized spacial score (nSPS) is 11.5. The van der Waals surface area contributed by atoms with Gasteiger partial charge in [-0.3, -0.25) is 4.31 Å². The van der Waals surface area contributed by atoms with E-state index in [1.807, 2.05) is 32.2 Å². The summed E-state index contributed by atoms with van der Waals surface area (Å²) >= 11 is 7.54. The molecule has 0 aliphatic heterocycles. The van der Waals surface area contributed by atoms with Gasteiger partial charge in [-0.15, -0.1) is 11.8 Å². The minimum atomic E-state index is -3.58. The lowest BCUT2D eigenvalue weighted by molar-refractivity contribution is 0.591. The Bertz CT molecular complexity index is 758. The van der Waals surface area contributed by atoms with Crippen LogP contribution in [-0.2, 0) is 10.0 Å². The second kappa shape index (κ2) is 6.94. The van der Waals surface area contributed by atoms with Crippen molar-refractivity contribution < 1.29 is 8.42 Å². The summed E-state index contributed by atoms with van der Waals surface area (Å²) in [5.74, 6) is 0. The second-order valence-corrected chi connectivity index (χ2v) is 7.95. The highest BCUT2D eigenvalue weighted by Gasteiger charge is 2.24. The molecule has 0 heterocycles. The molecule has 2 rings (SSSR count). The van der Waals surface area contributed by atoms with Gasteiger partial charge < -0.3 is 0 Å². The lowest BCUT2D eigenvalue weighted by atomic mass is 10.2. The summed E-state index contributed by atoms with van der Waals surface area (Å²) in [6.45, 7) is 4.03. The summed E-state index contributed by atoms with van der Waals surface area (Å²) < 4.78 is 27.2. The van der Waals surface area contributed by atoms with Crippen LogP contribution < -0.4 is 4.31 Å². The van der Waals surface area contributed by atoms with Crippen molar-refractivity contribution >= 4 is 39.1 Å². The first-order valence-electron chi connectivity index (χ1n) is 6.83. The molecule has 3 nitrogen and oxygen atoms in total. The lowest BCUT2D eigenvalue weighted by Crippen LogP contribution is -2.31. The summed E-state index contributed by atoms with van der Waals surface area (Å²) in [5, 5.41) is 0.596. The van der Waals surface area contributed by atoms with Crippen LogP contribution in [0.2, 0.25) is 5.02 Å². The van der Waals surface area contributed by atoms with E-state index < -0.39 is 10.0 Å². The maximum atomic E-state index is 12.9. The lowest BCUT2D eigenvalue weighted by Gasteiger charge is -2.24. The average molecular weight is 356 g/mol. The first-order chi connectivity index (χ1) is 10.4. The van der Waals surface area contributed by atoms with Gasteiger partial charge >= 0.3 is 0 Å². The number of hydrogen-bond donors (Lipinski definition) is 0. The molecular weight excluding hydrogens is 338 g/mol. The number of sulfonamides is 1. The first-order valence-corrected chi connectivity index (χ1v) is 9.87. The second-order valence-electron chi connectivity index (χ2n) is 4.78. The molecule has 0 amide bonds. The van der Waals surface area contributed by atoms with Crippen molar-refractivity contribution in [1.82, 2.24) is 0 Å². The molecule has 0 fully saturated rings. The van der Waals surface area contributed by atoms with Crippen LogP contribution in [0.3, 0.4) is 0 Å². The molecule has 0 spiro atoms. The SMILES string of the molecule is CCN(c1ccc(Cl)cc1C)S(=O)(=O)c1ccc(SC)cc1. The number of thioether (sulfide) groups is 1. The Kier molecular flexibility index (Phi) is 5.42. The fourth-order valence-corrected chi connectivity index (χ4v) is 4.42. The maximum absolute atomic E-state index is 12.9. The van der Waals surface area contributed by atoms with Gasteiger partial charge in [0.1, 0.15) is 0 Å². The molecule has 0 atom stereocenters. The Morgan fingerprint density at radius 3 is 2.27 bits per heavy atom. The topological polar surface area (TPSA) is 37.4 Å². The van der Waals surface area contributed by atoms with Crippen molar-refractivity contribution in [3.63, 3.8) is 0 Å². The summed E-state index contributed by atoms with van der Waals surface area (Å²) in [7, 11) is -3.58.